The number of anilines is 1. The molecule has 1 aromatic rings. The van der Waals surface area contributed by atoms with Gasteiger partial charge in [-0.25, -0.2) is 9.59 Å². The highest BCUT2D eigenvalue weighted by Gasteiger charge is 2.08. The van der Waals surface area contributed by atoms with Crippen molar-refractivity contribution in [2.75, 3.05) is 18.5 Å². The minimum atomic E-state index is -0.522. The molecule has 0 saturated heterocycles. The summed E-state index contributed by atoms with van der Waals surface area (Å²) in [6.07, 6.45) is -1.01. The highest BCUT2D eigenvalue weighted by atomic mass is 16.6. The number of carbonyl (C=O) groups is 2. The van der Waals surface area contributed by atoms with Gasteiger partial charge in [0.15, 0.2) is 0 Å². The zero-order valence-electron chi connectivity index (χ0n) is 11.1. The van der Waals surface area contributed by atoms with E-state index in [0.29, 0.717) is 18.9 Å². The van der Waals surface area contributed by atoms with Crippen LogP contribution in [0.4, 0.5) is 15.3 Å². The molecule has 0 bridgehead atoms. The maximum atomic E-state index is 11.4. The number of para-hydroxylation sites is 1. The molecule has 0 aliphatic heterocycles. The average Bonchev–Trinajstić information content (AvgIpc) is 2.38. The number of amides is 2. The molecule has 6 nitrogen and oxygen atoms in total. The molecule has 0 spiro atoms. The molecule has 0 atom stereocenters. The van der Waals surface area contributed by atoms with Crippen LogP contribution in [0.2, 0.25) is 0 Å². The van der Waals surface area contributed by atoms with Crippen LogP contribution in [-0.2, 0) is 16.0 Å². The van der Waals surface area contributed by atoms with Crippen LogP contribution in [0.15, 0.2) is 24.3 Å². The highest BCUT2D eigenvalue weighted by Crippen LogP contribution is 2.15. The predicted octanol–water partition coefficient (Wildman–Crippen LogP) is 2.50. The largest absolute Gasteiger partial charge is 0.450 e. The molecule has 2 N–H and O–H groups in total. The van der Waals surface area contributed by atoms with Gasteiger partial charge in [-0.1, -0.05) is 18.2 Å². The highest BCUT2D eigenvalue weighted by molar-refractivity contribution is 5.85. The predicted molar refractivity (Wildman–Crippen MR) is 70.9 cm³/mol. The summed E-state index contributed by atoms with van der Waals surface area (Å²) in [5.74, 6) is 0. The van der Waals surface area contributed by atoms with Crippen LogP contribution in [0, 0.1) is 0 Å². The number of carbonyl (C=O) groups excluding carboxylic acids is 2. The number of nitrogens with one attached hydrogen (secondary N) is 2. The van der Waals surface area contributed by atoms with Crippen LogP contribution >= 0.6 is 0 Å². The Balaban J connectivity index is 2.62. The van der Waals surface area contributed by atoms with Gasteiger partial charge in [-0.2, -0.15) is 0 Å². The normalized spacial score (nSPS) is 9.58. The second kappa shape index (κ2) is 7.97. The molecule has 0 aliphatic rings. The first-order chi connectivity index (χ1) is 9.17. The summed E-state index contributed by atoms with van der Waals surface area (Å²) in [6.45, 7) is 4.34. The third-order valence-electron chi connectivity index (χ3n) is 2.23. The lowest BCUT2D eigenvalue weighted by molar-refractivity contribution is 0.151. The standard InChI is InChI=1S/C13H18N2O4/c1-3-18-12(16)14-9-10-7-5-6-8-11(10)15-13(17)19-4-2/h5-8H,3-4,9H2,1-2H3,(H,14,16)(H,15,17). The van der Waals surface area contributed by atoms with Crippen molar-refractivity contribution in [1.82, 2.24) is 5.32 Å². The van der Waals surface area contributed by atoms with Crippen molar-refractivity contribution in [3.8, 4) is 0 Å². The first-order valence-corrected chi connectivity index (χ1v) is 6.09. The van der Waals surface area contributed by atoms with Crippen LogP contribution < -0.4 is 10.6 Å². The first kappa shape index (κ1) is 14.8. The maximum Gasteiger partial charge on any atom is 0.411 e. The number of hydrogen-bond acceptors (Lipinski definition) is 4. The van der Waals surface area contributed by atoms with Crippen molar-refractivity contribution in [3.05, 3.63) is 29.8 Å². The smallest absolute Gasteiger partial charge is 0.411 e. The fourth-order valence-electron chi connectivity index (χ4n) is 1.42. The van der Waals surface area contributed by atoms with Gasteiger partial charge >= 0.3 is 12.2 Å². The molecular weight excluding hydrogens is 248 g/mol. The van der Waals surface area contributed by atoms with Crippen LogP contribution in [0.1, 0.15) is 19.4 Å². The van der Waals surface area contributed by atoms with E-state index >= 15 is 0 Å². The minimum absolute atomic E-state index is 0.265. The van der Waals surface area contributed by atoms with E-state index < -0.39 is 12.2 Å². The summed E-state index contributed by atoms with van der Waals surface area (Å²) < 4.78 is 9.56. The van der Waals surface area contributed by atoms with Crippen molar-refractivity contribution in [2.24, 2.45) is 0 Å². The molecule has 0 aliphatic carbocycles. The molecule has 0 unspecified atom stereocenters. The molecule has 0 aromatic heterocycles. The van der Waals surface area contributed by atoms with E-state index in [9.17, 15) is 9.59 Å². The topological polar surface area (TPSA) is 76.7 Å². The van der Waals surface area contributed by atoms with E-state index in [0.717, 1.165) is 5.56 Å². The summed E-state index contributed by atoms with van der Waals surface area (Å²) in [7, 11) is 0. The van der Waals surface area contributed by atoms with Gasteiger partial charge in [-0.05, 0) is 25.5 Å². The number of benzene rings is 1. The minimum Gasteiger partial charge on any atom is -0.450 e. The number of hydrogen-bond donors (Lipinski definition) is 2. The van der Waals surface area contributed by atoms with Crippen molar-refractivity contribution in [3.63, 3.8) is 0 Å². The number of ether oxygens (including phenoxy) is 2. The van der Waals surface area contributed by atoms with Crippen LogP contribution in [0.3, 0.4) is 0 Å². The van der Waals surface area contributed by atoms with Gasteiger partial charge in [0, 0.05) is 12.2 Å². The molecule has 1 aromatic carbocycles. The zero-order valence-corrected chi connectivity index (χ0v) is 11.1. The SMILES string of the molecule is CCOC(=O)NCc1ccccc1NC(=O)OCC. The number of rotatable bonds is 5. The van der Waals surface area contributed by atoms with Crippen LogP contribution in [-0.4, -0.2) is 25.4 Å². The summed E-state index contributed by atoms with van der Waals surface area (Å²) in [5, 5.41) is 5.21. The second-order valence-electron chi connectivity index (χ2n) is 3.58. The second-order valence-corrected chi connectivity index (χ2v) is 3.58. The molecule has 0 fully saturated rings. The van der Waals surface area contributed by atoms with E-state index in [1.54, 1.807) is 32.0 Å². The molecule has 19 heavy (non-hydrogen) atoms. The summed E-state index contributed by atoms with van der Waals surface area (Å²) in [6, 6.07) is 7.14. The Hall–Kier alpha value is -2.24. The quantitative estimate of drug-likeness (QED) is 0.858. The van der Waals surface area contributed by atoms with Gasteiger partial charge in [0.1, 0.15) is 0 Å². The van der Waals surface area contributed by atoms with Gasteiger partial charge in [0.25, 0.3) is 0 Å². The van der Waals surface area contributed by atoms with Crippen LogP contribution in [0.5, 0.6) is 0 Å². The fourth-order valence-corrected chi connectivity index (χ4v) is 1.42. The van der Waals surface area contributed by atoms with Gasteiger partial charge < -0.3 is 14.8 Å². The summed E-state index contributed by atoms with van der Waals surface area (Å²) >= 11 is 0. The van der Waals surface area contributed by atoms with Gasteiger partial charge in [0.05, 0.1) is 13.2 Å². The Morgan fingerprint density at radius 3 is 2.37 bits per heavy atom. The number of alkyl carbamates (subject to hydrolysis) is 1. The van der Waals surface area contributed by atoms with E-state index in [-0.39, 0.29) is 6.54 Å². The van der Waals surface area contributed by atoms with Crippen molar-refractivity contribution in [2.45, 2.75) is 20.4 Å². The lowest BCUT2D eigenvalue weighted by Gasteiger charge is -2.11. The maximum absolute atomic E-state index is 11.4. The Morgan fingerprint density at radius 1 is 1.05 bits per heavy atom. The average molecular weight is 266 g/mol. The Kier molecular flexibility index (Phi) is 6.21. The van der Waals surface area contributed by atoms with Gasteiger partial charge in [-0.3, -0.25) is 5.32 Å². The van der Waals surface area contributed by atoms with Crippen molar-refractivity contribution in [1.29, 1.82) is 0 Å². The molecule has 1 rings (SSSR count). The van der Waals surface area contributed by atoms with E-state index in [1.165, 1.54) is 0 Å². The summed E-state index contributed by atoms with van der Waals surface area (Å²) in [5.41, 5.74) is 1.36. The molecule has 2 amide bonds. The van der Waals surface area contributed by atoms with Crippen LogP contribution in [0.25, 0.3) is 0 Å². The van der Waals surface area contributed by atoms with Gasteiger partial charge in [0.2, 0.25) is 0 Å². The van der Waals surface area contributed by atoms with E-state index in [1.807, 2.05) is 6.07 Å². The molecule has 0 saturated carbocycles. The Morgan fingerprint density at radius 2 is 1.68 bits per heavy atom. The lowest BCUT2D eigenvalue weighted by atomic mass is 10.2. The molecule has 0 radical (unpaired) electrons. The molecule has 104 valence electrons. The molecular formula is C13H18N2O4. The third kappa shape index (κ3) is 5.29. The van der Waals surface area contributed by atoms with E-state index in [2.05, 4.69) is 10.6 Å². The summed E-state index contributed by atoms with van der Waals surface area (Å²) in [4.78, 5) is 22.6. The third-order valence-corrected chi connectivity index (χ3v) is 2.23. The Labute approximate surface area is 112 Å². The first-order valence-electron chi connectivity index (χ1n) is 6.09. The van der Waals surface area contributed by atoms with E-state index in [4.69, 9.17) is 9.47 Å². The Bertz CT molecular complexity index is 434. The fraction of sp³-hybridized carbons (Fsp3) is 0.385. The zero-order chi connectivity index (χ0) is 14.1. The lowest BCUT2D eigenvalue weighted by Crippen LogP contribution is -2.24. The van der Waals surface area contributed by atoms with Crippen molar-refractivity contribution >= 4 is 17.9 Å². The van der Waals surface area contributed by atoms with Crippen molar-refractivity contribution < 1.29 is 19.1 Å². The van der Waals surface area contributed by atoms with Gasteiger partial charge in [-0.15, -0.1) is 0 Å². The molecule has 6 heteroatoms. The monoisotopic (exact) mass is 266 g/mol. The molecule has 0 heterocycles.